The van der Waals surface area contributed by atoms with E-state index in [0.29, 0.717) is 19.7 Å². The molecule has 0 atom stereocenters. The predicted octanol–water partition coefficient (Wildman–Crippen LogP) is 2.81. The van der Waals surface area contributed by atoms with Crippen LogP contribution in [0.2, 0.25) is 0 Å². The molecule has 7 nitrogen and oxygen atoms in total. The molecule has 0 spiro atoms. The Labute approximate surface area is 186 Å². The number of benzene rings is 2. The van der Waals surface area contributed by atoms with E-state index in [4.69, 9.17) is 9.47 Å². The van der Waals surface area contributed by atoms with Gasteiger partial charge in [-0.1, -0.05) is 0 Å². The number of hydrogen-bond donors (Lipinski definition) is 1. The van der Waals surface area contributed by atoms with Crippen molar-refractivity contribution < 1.29 is 17.9 Å². The van der Waals surface area contributed by atoms with Gasteiger partial charge in [-0.25, -0.2) is 13.1 Å². The smallest absolute Gasteiger partial charge is 0.240 e. The molecule has 0 aliphatic carbocycles. The summed E-state index contributed by atoms with van der Waals surface area (Å²) >= 11 is 0. The van der Waals surface area contributed by atoms with E-state index >= 15 is 0 Å². The third kappa shape index (κ3) is 5.90. The van der Waals surface area contributed by atoms with Gasteiger partial charge < -0.3 is 14.4 Å². The predicted molar refractivity (Wildman–Crippen MR) is 124 cm³/mol. The molecule has 8 heteroatoms. The number of aryl methyl sites for hydroxylation is 2. The SMILES string of the molecule is CCOc1c(C)cc(S(=O)(=O)NCCN2CCN(c3ccc(OC)cc3)CC2)cc1C. The molecule has 1 aliphatic heterocycles. The molecule has 0 radical (unpaired) electrons. The zero-order chi connectivity index (χ0) is 22.4. The minimum absolute atomic E-state index is 0.287. The largest absolute Gasteiger partial charge is 0.497 e. The quantitative estimate of drug-likeness (QED) is 0.637. The van der Waals surface area contributed by atoms with E-state index in [1.54, 1.807) is 19.2 Å². The second-order valence-corrected chi connectivity index (χ2v) is 9.51. The van der Waals surface area contributed by atoms with Crippen LogP contribution in [0.25, 0.3) is 0 Å². The van der Waals surface area contributed by atoms with Gasteiger partial charge in [0.05, 0.1) is 18.6 Å². The zero-order valence-electron chi connectivity index (χ0n) is 18.8. The lowest BCUT2D eigenvalue weighted by Crippen LogP contribution is -2.48. The van der Waals surface area contributed by atoms with Crippen molar-refractivity contribution in [2.45, 2.75) is 25.7 Å². The van der Waals surface area contributed by atoms with Gasteiger partial charge in [-0.15, -0.1) is 0 Å². The number of piperazine rings is 1. The summed E-state index contributed by atoms with van der Waals surface area (Å²) in [6, 6.07) is 11.4. The highest BCUT2D eigenvalue weighted by Crippen LogP contribution is 2.27. The van der Waals surface area contributed by atoms with Gasteiger partial charge in [-0.2, -0.15) is 0 Å². The Bertz CT molecular complexity index is 946. The maximum atomic E-state index is 12.7. The second-order valence-electron chi connectivity index (χ2n) is 7.74. The fourth-order valence-corrected chi connectivity index (χ4v) is 5.07. The zero-order valence-corrected chi connectivity index (χ0v) is 19.7. The summed E-state index contributed by atoms with van der Waals surface area (Å²) in [5.41, 5.74) is 2.84. The van der Waals surface area contributed by atoms with Gasteiger partial charge in [0.25, 0.3) is 0 Å². The van der Waals surface area contributed by atoms with Gasteiger partial charge in [0, 0.05) is 45.0 Å². The summed E-state index contributed by atoms with van der Waals surface area (Å²) < 4.78 is 39.1. The number of anilines is 1. The van der Waals surface area contributed by atoms with E-state index in [9.17, 15) is 8.42 Å². The van der Waals surface area contributed by atoms with Crippen LogP contribution < -0.4 is 19.1 Å². The van der Waals surface area contributed by atoms with Crippen molar-refractivity contribution in [3.05, 3.63) is 47.5 Å². The minimum Gasteiger partial charge on any atom is -0.497 e. The van der Waals surface area contributed by atoms with E-state index < -0.39 is 10.0 Å². The standard InChI is InChI=1S/C23H33N3O4S/c1-5-30-23-18(2)16-22(17-19(23)3)31(27,28)24-10-11-25-12-14-26(15-13-25)20-6-8-21(29-4)9-7-20/h6-9,16-17,24H,5,10-15H2,1-4H3. The number of ether oxygens (including phenoxy) is 2. The summed E-state index contributed by atoms with van der Waals surface area (Å²) in [7, 11) is -1.89. The molecular weight excluding hydrogens is 414 g/mol. The number of sulfonamides is 1. The molecule has 170 valence electrons. The first-order valence-electron chi connectivity index (χ1n) is 10.7. The van der Waals surface area contributed by atoms with Crippen LogP contribution in [0.15, 0.2) is 41.3 Å². The molecule has 2 aromatic carbocycles. The highest BCUT2D eigenvalue weighted by atomic mass is 32.2. The normalized spacial score (nSPS) is 15.2. The number of methoxy groups -OCH3 is 1. The van der Waals surface area contributed by atoms with Crippen LogP contribution in [0, 0.1) is 13.8 Å². The van der Waals surface area contributed by atoms with E-state index in [1.165, 1.54) is 5.69 Å². The molecule has 1 heterocycles. The summed E-state index contributed by atoms with van der Waals surface area (Å²) in [6.45, 7) is 10.9. The van der Waals surface area contributed by atoms with Gasteiger partial charge in [0.15, 0.2) is 0 Å². The number of hydrogen-bond acceptors (Lipinski definition) is 6. The lowest BCUT2D eigenvalue weighted by molar-refractivity contribution is 0.262. The average Bonchev–Trinajstić information content (AvgIpc) is 2.76. The molecule has 1 fully saturated rings. The molecule has 1 saturated heterocycles. The van der Waals surface area contributed by atoms with E-state index in [2.05, 4.69) is 26.7 Å². The van der Waals surface area contributed by atoms with Crippen LogP contribution in [-0.4, -0.2) is 66.3 Å². The molecule has 1 aliphatic rings. The van der Waals surface area contributed by atoms with Crippen LogP contribution in [0.3, 0.4) is 0 Å². The van der Waals surface area contributed by atoms with Gasteiger partial charge in [-0.3, -0.25) is 4.90 Å². The molecule has 3 rings (SSSR count). The molecule has 0 bridgehead atoms. The lowest BCUT2D eigenvalue weighted by Gasteiger charge is -2.36. The van der Waals surface area contributed by atoms with Gasteiger partial charge >= 0.3 is 0 Å². The van der Waals surface area contributed by atoms with Crippen molar-refractivity contribution in [3.8, 4) is 11.5 Å². The molecule has 0 amide bonds. The molecule has 0 unspecified atom stereocenters. The monoisotopic (exact) mass is 447 g/mol. The van der Waals surface area contributed by atoms with Gasteiger partial charge in [0.2, 0.25) is 10.0 Å². The Morgan fingerprint density at radius 1 is 1.00 bits per heavy atom. The van der Waals surface area contributed by atoms with Crippen molar-refractivity contribution in [2.75, 3.05) is 57.9 Å². The highest BCUT2D eigenvalue weighted by molar-refractivity contribution is 7.89. The maximum Gasteiger partial charge on any atom is 0.240 e. The van der Waals surface area contributed by atoms with Crippen molar-refractivity contribution >= 4 is 15.7 Å². The Kier molecular flexibility index (Phi) is 7.80. The van der Waals surface area contributed by atoms with E-state index in [1.807, 2.05) is 32.9 Å². The highest BCUT2D eigenvalue weighted by Gasteiger charge is 2.20. The Morgan fingerprint density at radius 3 is 2.16 bits per heavy atom. The molecular formula is C23H33N3O4S. The Hall–Kier alpha value is -2.29. The van der Waals surface area contributed by atoms with Crippen molar-refractivity contribution in [2.24, 2.45) is 0 Å². The molecule has 0 aromatic heterocycles. The number of rotatable bonds is 9. The second kappa shape index (κ2) is 10.3. The topological polar surface area (TPSA) is 71.1 Å². The number of nitrogens with one attached hydrogen (secondary N) is 1. The summed E-state index contributed by atoms with van der Waals surface area (Å²) in [5.74, 6) is 1.61. The van der Waals surface area contributed by atoms with Crippen LogP contribution in [0.1, 0.15) is 18.1 Å². The maximum absolute atomic E-state index is 12.7. The first kappa shape index (κ1) is 23.4. The van der Waals surface area contributed by atoms with Crippen LogP contribution >= 0.6 is 0 Å². The van der Waals surface area contributed by atoms with Crippen molar-refractivity contribution in [3.63, 3.8) is 0 Å². The fourth-order valence-electron chi connectivity index (χ4n) is 3.88. The summed E-state index contributed by atoms with van der Waals surface area (Å²) in [5, 5.41) is 0. The minimum atomic E-state index is -3.55. The van der Waals surface area contributed by atoms with Crippen LogP contribution in [0.5, 0.6) is 11.5 Å². The third-order valence-corrected chi connectivity index (χ3v) is 7.00. The Balaban J connectivity index is 1.50. The van der Waals surface area contributed by atoms with Gasteiger partial charge in [-0.05, 0) is 68.3 Å². The number of nitrogens with zero attached hydrogens (tertiary/aromatic N) is 2. The first-order chi connectivity index (χ1) is 14.8. The molecule has 31 heavy (non-hydrogen) atoms. The van der Waals surface area contributed by atoms with E-state index in [-0.39, 0.29) is 4.90 Å². The third-order valence-electron chi connectivity index (χ3n) is 5.56. The first-order valence-corrected chi connectivity index (χ1v) is 12.2. The van der Waals surface area contributed by atoms with E-state index in [0.717, 1.165) is 48.8 Å². The fraction of sp³-hybridized carbons (Fsp3) is 0.478. The van der Waals surface area contributed by atoms with Crippen molar-refractivity contribution in [1.29, 1.82) is 0 Å². The molecule has 2 aromatic rings. The molecule has 1 N–H and O–H groups in total. The summed E-state index contributed by atoms with van der Waals surface area (Å²) in [6.07, 6.45) is 0. The average molecular weight is 448 g/mol. The lowest BCUT2D eigenvalue weighted by atomic mass is 10.1. The van der Waals surface area contributed by atoms with Crippen molar-refractivity contribution in [1.82, 2.24) is 9.62 Å². The van der Waals surface area contributed by atoms with Crippen LogP contribution in [-0.2, 0) is 10.0 Å². The van der Waals surface area contributed by atoms with Crippen LogP contribution in [0.4, 0.5) is 5.69 Å². The Morgan fingerprint density at radius 2 is 1.61 bits per heavy atom. The molecule has 0 saturated carbocycles. The summed E-state index contributed by atoms with van der Waals surface area (Å²) in [4.78, 5) is 4.92. The van der Waals surface area contributed by atoms with Gasteiger partial charge in [0.1, 0.15) is 11.5 Å².